The van der Waals surface area contributed by atoms with E-state index in [-0.39, 0.29) is 38.8 Å². The molecule has 0 radical (unpaired) electrons. The van der Waals surface area contributed by atoms with Crippen molar-refractivity contribution in [2.24, 2.45) is 18.9 Å². The van der Waals surface area contributed by atoms with Crippen LogP contribution in [0, 0.1) is 32.6 Å². The van der Waals surface area contributed by atoms with E-state index in [9.17, 15) is 16.8 Å². The summed E-state index contributed by atoms with van der Waals surface area (Å²) in [6.45, 7) is 13.6. The highest BCUT2D eigenvalue weighted by atomic mass is 32.3. The summed E-state index contributed by atoms with van der Waals surface area (Å²) in [5.74, 6) is 0.927. The minimum atomic E-state index is -4.72. The lowest BCUT2D eigenvalue weighted by Crippen LogP contribution is -2.39. The highest BCUT2D eigenvalue weighted by Gasteiger charge is 2.43. The second kappa shape index (κ2) is 11.6. The molecule has 1 aromatic carbocycles. The Morgan fingerprint density at radius 2 is 1.24 bits per heavy atom. The Morgan fingerprint density at radius 3 is 1.64 bits per heavy atom. The molecule has 0 N–H and O–H groups in total. The summed E-state index contributed by atoms with van der Waals surface area (Å²) < 4.78 is 68.1. The average Bonchev–Trinajstić information content (AvgIpc) is 3.54. The van der Waals surface area contributed by atoms with E-state index in [4.69, 9.17) is 4.74 Å². The van der Waals surface area contributed by atoms with Crippen LogP contribution < -0.4 is 8.45 Å². The molecule has 0 spiro atoms. The number of rotatable bonds is 11. The van der Waals surface area contributed by atoms with Gasteiger partial charge in [-0.15, -0.1) is 3.71 Å². The van der Waals surface area contributed by atoms with Crippen LogP contribution in [0.3, 0.4) is 0 Å². The zero-order chi connectivity index (χ0) is 31.1. The molecule has 228 valence electrons. The molecule has 14 heteroatoms. The van der Waals surface area contributed by atoms with Crippen molar-refractivity contribution in [2.75, 3.05) is 10.8 Å². The maximum Gasteiger partial charge on any atom is 0.282 e. The van der Waals surface area contributed by atoms with Crippen LogP contribution in [0.15, 0.2) is 46.5 Å². The Hall–Kier alpha value is -3.65. The Bertz CT molecular complexity index is 1710. The van der Waals surface area contributed by atoms with Crippen LogP contribution in [0.25, 0.3) is 11.3 Å². The molecule has 0 aliphatic carbocycles. The minimum Gasteiger partial charge on any atom is -0.497 e. The predicted molar refractivity (Wildman–Crippen MR) is 160 cm³/mol. The number of ether oxygens (including phenoxy) is 1. The Balaban J connectivity index is 1.98. The molecule has 4 aromatic rings. The van der Waals surface area contributed by atoms with Gasteiger partial charge in [-0.05, 0) is 56.9 Å². The molecule has 0 unspecified atom stereocenters. The average molecular weight is 618 g/mol. The van der Waals surface area contributed by atoms with Gasteiger partial charge in [-0.3, -0.25) is 14.0 Å². The summed E-state index contributed by atoms with van der Waals surface area (Å²) in [6, 6.07) is 7.08. The van der Waals surface area contributed by atoms with Crippen LogP contribution in [0.2, 0.25) is 0 Å². The van der Waals surface area contributed by atoms with E-state index >= 15 is 0 Å². The van der Waals surface area contributed by atoms with Gasteiger partial charge in [0.15, 0.2) is 5.82 Å². The van der Waals surface area contributed by atoms with E-state index in [0.717, 1.165) is 0 Å². The quantitative estimate of drug-likeness (QED) is 0.243. The molecule has 3 aromatic heterocycles. The fraction of sp³-hybridized carbons (Fsp3) is 0.464. The van der Waals surface area contributed by atoms with E-state index < -0.39 is 20.0 Å². The molecule has 0 bridgehead atoms. The fourth-order valence-electron chi connectivity index (χ4n) is 4.88. The van der Waals surface area contributed by atoms with Crippen molar-refractivity contribution in [2.45, 2.75) is 71.3 Å². The summed E-state index contributed by atoms with van der Waals surface area (Å²) in [5.41, 5.74) is 1.86. The van der Waals surface area contributed by atoms with E-state index in [2.05, 4.69) is 15.3 Å². The molecule has 3 heterocycles. The van der Waals surface area contributed by atoms with Crippen LogP contribution in [0.4, 0.5) is 5.82 Å². The number of aryl methyl sites for hydroxylation is 3. The molecule has 0 amide bonds. The number of benzene rings is 1. The van der Waals surface area contributed by atoms with Crippen molar-refractivity contribution >= 4 is 25.9 Å². The lowest BCUT2D eigenvalue weighted by molar-refractivity contribution is 0.415. The predicted octanol–water partition coefficient (Wildman–Crippen LogP) is 4.31. The number of anilines is 1. The molecule has 4 rings (SSSR count). The molecule has 0 saturated heterocycles. The third-order valence-corrected chi connectivity index (χ3v) is 11.0. The van der Waals surface area contributed by atoms with Gasteiger partial charge >= 0.3 is 0 Å². The van der Waals surface area contributed by atoms with Gasteiger partial charge in [-0.1, -0.05) is 27.7 Å². The Morgan fingerprint density at radius 1 is 0.786 bits per heavy atom. The molecule has 0 atom stereocenters. The summed E-state index contributed by atoms with van der Waals surface area (Å²) in [7, 11) is -6.35. The van der Waals surface area contributed by atoms with Crippen LogP contribution in [-0.2, 0) is 40.2 Å². The zero-order valence-corrected chi connectivity index (χ0v) is 27.2. The van der Waals surface area contributed by atoms with Gasteiger partial charge in [0.25, 0.3) is 20.0 Å². The van der Waals surface area contributed by atoms with Gasteiger partial charge in [-0.2, -0.15) is 32.1 Å². The van der Waals surface area contributed by atoms with Crippen molar-refractivity contribution in [3.8, 4) is 17.0 Å². The Labute approximate surface area is 248 Å². The van der Waals surface area contributed by atoms with Crippen LogP contribution in [0.5, 0.6) is 5.75 Å². The maximum atomic E-state index is 14.5. The van der Waals surface area contributed by atoms with Gasteiger partial charge < -0.3 is 4.74 Å². The van der Waals surface area contributed by atoms with Crippen LogP contribution in [-0.4, -0.2) is 53.3 Å². The van der Waals surface area contributed by atoms with Crippen molar-refractivity contribution in [3.63, 3.8) is 0 Å². The summed E-state index contributed by atoms with van der Waals surface area (Å²) >= 11 is 0. The standard InChI is InChI=1S/C28H39N7O5S2/c1-18(2)14-33-16-25(21(6)29-33)41(36,37)35(42(38,39)26-17-34(15-19(3)4)30-22(26)7)28-20(5)27(31-32(28)8)23-10-12-24(40-9)13-11-23/h10-13,16-19H,14-15H2,1-9H3. The number of methoxy groups -OCH3 is 1. The molecule has 42 heavy (non-hydrogen) atoms. The number of hydrogen-bond acceptors (Lipinski definition) is 8. The largest absolute Gasteiger partial charge is 0.497 e. The molecule has 0 aliphatic rings. The zero-order valence-electron chi connectivity index (χ0n) is 25.5. The minimum absolute atomic E-state index is 0.104. The third-order valence-electron chi connectivity index (χ3n) is 6.68. The first-order chi connectivity index (χ1) is 19.6. The molecule has 0 saturated carbocycles. The molecule has 12 nitrogen and oxygen atoms in total. The second-order valence-corrected chi connectivity index (χ2v) is 15.0. The highest BCUT2D eigenvalue weighted by Crippen LogP contribution is 2.38. The van der Waals surface area contributed by atoms with Gasteiger partial charge in [0.2, 0.25) is 0 Å². The first kappa shape index (κ1) is 31.3. The van der Waals surface area contributed by atoms with Crippen LogP contribution >= 0.6 is 0 Å². The summed E-state index contributed by atoms with van der Waals surface area (Å²) in [5, 5.41) is 13.3. The van der Waals surface area contributed by atoms with Gasteiger partial charge in [0, 0.05) is 43.7 Å². The summed E-state index contributed by atoms with van der Waals surface area (Å²) in [4.78, 5) is -0.406. The van der Waals surface area contributed by atoms with Crippen molar-refractivity contribution in [1.29, 1.82) is 0 Å². The monoisotopic (exact) mass is 617 g/mol. The lowest BCUT2D eigenvalue weighted by atomic mass is 10.1. The van der Waals surface area contributed by atoms with Crippen molar-refractivity contribution in [3.05, 3.63) is 53.6 Å². The van der Waals surface area contributed by atoms with Gasteiger partial charge in [0.05, 0.1) is 24.2 Å². The number of aromatic nitrogens is 6. The Kier molecular flexibility index (Phi) is 8.61. The van der Waals surface area contributed by atoms with E-state index in [1.165, 1.54) is 33.5 Å². The molecule has 0 aliphatic heterocycles. The maximum absolute atomic E-state index is 14.5. The number of nitrogens with zero attached hydrogens (tertiary/aromatic N) is 7. The highest BCUT2D eigenvalue weighted by molar-refractivity contribution is 8.10. The van der Waals surface area contributed by atoms with Gasteiger partial charge in [-0.25, -0.2) is 0 Å². The van der Waals surface area contributed by atoms with E-state index in [1.807, 2.05) is 27.7 Å². The first-order valence-electron chi connectivity index (χ1n) is 13.6. The van der Waals surface area contributed by atoms with Crippen LogP contribution in [0.1, 0.15) is 44.6 Å². The normalized spacial score (nSPS) is 12.5. The van der Waals surface area contributed by atoms with Crippen molar-refractivity contribution < 1.29 is 21.6 Å². The molecular formula is C28H39N7O5S2. The SMILES string of the molecule is COc1ccc(-c2nn(C)c(N(S(=O)(=O)c3cn(CC(C)C)nc3C)S(=O)(=O)c3cn(CC(C)C)nc3C)c2C)cc1. The molecular weight excluding hydrogens is 578 g/mol. The smallest absolute Gasteiger partial charge is 0.282 e. The van der Waals surface area contributed by atoms with E-state index in [0.29, 0.717) is 39.4 Å². The molecule has 0 fully saturated rings. The second-order valence-electron chi connectivity index (χ2n) is 11.2. The first-order valence-corrected chi connectivity index (χ1v) is 16.5. The number of sulfonamides is 2. The fourth-order valence-corrected chi connectivity index (χ4v) is 9.05. The number of hydrogen-bond donors (Lipinski definition) is 0. The van der Waals surface area contributed by atoms with Gasteiger partial charge in [0.1, 0.15) is 15.5 Å². The third kappa shape index (κ3) is 5.82. The lowest BCUT2D eigenvalue weighted by Gasteiger charge is -2.24. The van der Waals surface area contributed by atoms with Crippen molar-refractivity contribution in [1.82, 2.24) is 29.3 Å². The topological polar surface area (TPSA) is 134 Å². The summed E-state index contributed by atoms with van der Waals surface area (Å²) in [6.07, 6.45) is 2.77. The van der Waals surface area contributed by atoms with E-state index in [1.54, 1.807) is 52.1 Å².